The predicted molar refractivity (Wildman–Crippen MR) is 70.6 cm³/mol. The summed E-state index contributed by atoms with van der Waals surface area (Å²) >= 11 is 3.58. The molecule has 16 heavy (non-hydrogen) atoms. The lowest BCUT2D eigenvalue weighted by Crippen LogP contribution is -2.19. The van der Waals surface area contributed by atoms with Gasteiger partial charge in [0.15, 0.2) is 0 Å². The Morgan fingerprint density at radius 3 is 2.81 bits per heavy atom. The van der Waals surface area contributed by atoms with Crippen LogP contribution in [0.1, 0.15) is 18.4 Å². The number of fused-ring (bicyclic) bond motifs is 1. The van der Waals surface area contributed by atoms with E-state index in [-0.39, 0.29) is 5.41 Å². The smallest absolute Gasteiger partial charge is 0.0492 e. The molecule has 1 aliphatic carbocycles. The van der Waals surface area contributed by atoms with Gasteiger partial charge in [0.2, 0.25) is 0 Å². The molecule has 0 amide bonds. The number of rotatable bonds is 2. The van der Waals surface area contributed by atoms with Crippen molar-refractivity contribution in [3.63, 3.8) is 0 Å². The first-order chi connectivity index (χ1) is 7.66. The molecule has 1 aromatic carbocycles. The van der Waals surface area contributed by atoms with Crippen molar-refractivity contribution in [3.8, 4) is 0 Å². The summed E-state index contributed by atoms with van der Waals surface area (Å²) < 4.78 is 3.32. The van der Waals surface area contributed by atoms with Crippen LogP contribution in [-0.2, 0) is 12.5 Å². The van der Waals surface area contributed by atoms with Crippen molar-refractivity contribution < 1.29 is 0 Å². The molecule has 1 aromatic heterocycles. The van der Waals surface area contributed by atoms with Gasteiger partial charge in [-0.25, -0.2) is 0 Å². The van der Waals surface area contributed by atoms with E-state index in [1.54, 1.807) is 0 Å². The van der Waals surface area contributed by atoms with Crippen molar-refractivity contribution in [2.45, 2.75) is 18.3 Å². The molecule has 84 valence electrons. The molecule has 1 heterocycles. The second-order valence-corrected chi connectivity index (χ2v) is 5.66. The normalized spacial score (nSPS) is 17.9. The third kappa shape index (κ3) is 1.35. The molecule has 1 fully saturated rings. The van der Waals surface area contributed by atoms with E-state index < -0.39 is 0 Å². The van der Waals surface area contributed by atoms with E-state index in [0.29, 0.717) is 0 Å². The van der Waals surface area contributed by atoms with E-state index in [4.69, 9.17) is 5.73 Å². The van der Waals surface area contributed by atoms with Crippen molar-refractivity contribution >= 4 is 26.8 Å². The highest BCUT2D eigenvalue weighted by atomic mass is 79.9. The number of benzene rings is 1. The van der Waals surface area contributed by atoms with Crippen LogP contribution in [0.15, 0.2) is 28.9 Å². The first-order valence-electron chi connectivity index (χ1n) is 5.61. The maximum Gasteiger partial charge on any atom is 0.0492 e. The SMILES string of the molecule is Cn1cc(Br)c2ccc(C3(CN)CC3)cc21. The molecule has 0 unspecified atom stereocenters. The minimum atomic E-state index is 0.283. The summed E-state index contributed by atoms with van der Waals surface area (Å²) in [4.78, 5) is 0. The minimum absolute atomic E-state index is 0.283. The van der Waals surface area contributed by atoms with Gasteiger partial charge in [0, 0.05) is 40.6 Å². The van der Waals surface area contributed by atoms with Gasteiger partial charge in [-0.3, -0.25) is 0 Å². The molecule has 3 rings (SSSR count). The van der Waals surface area contributed by atoms with Crippen molar-refractivity contribution in [1.29, 1.82) is 0 Å². The highest BCUT2D eigenvalue weighted by Crippen LogP contribution is 2.48. The molecule has 0 aliphatic heterocycles. The summed E-state index contributed by atoms with van der Waals surface area (Å²) in [6, 6.07) is 6.72. The summed E-state index contributed by atoms with van der Waals surface area (Å²) in [5, 5.41) is 1.28. The van der Waals surface area contributed by atoms with E-state index in [2.05, 4.69) is 51.9 Å². The third-order valence-corrected chi connectivity index (χ3v) is 4.43. The fraction of sp³-hybridized carbons (Fsp3) is 0.385. The van der Waals surface area contributed by atoms with Crippen LogP contribution < -0.4 is 5.73 Å². The monoisotopic (exact) mass is 278 g/mol. The zero-order valence-corrected chi connectivity index (χ0v) is 10.9. The molecule has 0 bridgehead atoms. The van der Waals surface area contributed by atoms with Gasteiger partial charge in [0.1, 0.15) is 0 Å². The highest BCUT2D eigenvalue weighted by molar-refractivity contribution is 9.10. The Morgan fingerprint density at radius 1 is 1.44 bits per heavy atom. The predicted octanol–water partition coefficient (Wildman–Crippen LogP) is 2.93. The molecule has 2 aromatic rings. The molecular weight excluding hydrogens is 264 g/mol. The maximum absolute atomic E-state index is 5.87. The van der Waals surface area contributed by atoms with E-state index in [1.165, 1.54) is 29.3 Å². The fourth-order valence-electron chi connectivity index (χ4n) is 2.43. The molecule has 2 nitrogen and oxygen atoms in total. The van der Waals surface area contributed by atoms with Gasteiger partial charge in [0.05, 0.1) is 0 Å². The molecule has 1 aliphatic rings. The number of aromatic nitrogens is 1. The molecular formula is C13H15BrN2. The van der Waals surface area contributed by atoms with Gasteiger partial charge in [-0.2, -0.15) is 0 Å². The van der Waals surface area contributed by atoms with Crippen LogP contribution in [0.3, 0.4) is 0 Å². The fourth-order valence-corrected chi connectivity index (χ4v) is 3.07. The molecule has 2 N–H and O–H groups in total. The van der Waals surface area contributed by atoms with Crippen LogP contribution in [-0.4, -0.2) is 11.1 Å². The van der Waals surface area contributed by atoms with Crippen molar-refractivity contribution in [2.24, 2.45) is 12.8 Å². The van der Waals surface area contributed by atoms with Gasteiger partial charge in [-0.05, 0) is 40.4 Å². The summed E-state index contributed by atoms with van der Waals surface area (Å²) in [6.45, 7) is 0.768. The Hall–Kier alpha value is -0.800. The second kappa shape index (κ2) is 3.34. The van der Waals surface area contributed by atoms with Gasteiger partial charge in [-0.1, -0.05) is 12.1 Å². The van der Waals surface area contributed by atoms with E-state index in [0.717, 1.165) is 11.0 Å². The van der Waals surface area contributed by atoms with Gasteiger partial charge in [-0.15, -0.1) is 0 Å². The summed E-state index contributed by atoms with van der Waals surface area (Å²) in [7, 11) is 2.08. The Balaban J connectivity index is 2.19. The molecule has 1 saturated carbocycles. The quantitative estimate of drug-likeness (QED) is 0.900. The van der Waals surface area contributed by atoms with E-state index in [9.17, 15) is 0 Å². The number of aryl methyl sites for hydroxylation is 1. The van der Waals surface area contributed by atoms with Gasteiger partial charge < -0.3 is 10.3 Å². The largest absolute Gasteiger partial charge is 0.349 e. The third-order valence-electron chi connectivity index (χ3n) is 3.80. The van der Waals surface area contributed by atoms with Crippen LogP contribution in [0, 0.1) is 0 Å². The Kier molecular flexibility index (Phi) is 2.17. The summed E-state index contributed by atoms with van der Waals surface area (Å²) in [5.41, 5.74) is 8.84. The molecule has 0 atom stereocenters. The van der Waals surface area contributed by atoms with Gasteiger partial charge >= 0.3 is 0 Å². The first-order valence-corrected chi connectivity index (χ1v) is 6.41. The first kappa shape index (κ1) is 10.4. The number of nitrogens with zero attached hydrogens (tertiary/aromatic N) is 1. The maximum atomic E-state index is 5.87. The molecule has 0 radical (unpaired) electrons. The van der Waals surface area contributed by atoms with Crippen LogP contribution in [0.2, 0.25) is 0 Å². The number of hydrogen-bond acceptors (Lipinski definition) is 1. The van der Waals surface area contributed by atoms with Crippen LogP contribution >= 0.6 is 15.9 Å². The van der Waals surface area contributed by atoms with E-state index >= 15 is 0 Å². The zero-order valence-electron chi connectivity index (χ0n) is 9.33. The lowest BCUT2D eigenvalue weighted by molar-refractivity contribution is 0.705. The topological polar surface area (TPSA) is 30.9 Å². The Morgan fingerprint density at radius 2 is 2.19 bits per heavy atom. The lowest BCUT2D eigenvalue weighted by Gasteiger charge is -2.13. The molecule has 0 spiro atoms. The average Bonchev–Trinajstić information content (AvgIpc) is 3.04. The lowest BCUT2D eigenvalue weighted by atomic mass is 9.95. The van der Waals surface area contributed by atoms with Crippen molar-refractivity contribution in [3.05, 3.63) is 34.4 Å². The number of nitrogens with two attached hydrogens (primary N) is 1. The second-order valence-electron chi connectivity index (χ2n) is 4.80. The van der Waals surface area contributed by atoms with Gasteiger partial charge in [0.25, 0.3) is 0 Å². The minimum Gasteiger partial charge on any atom is -0.349 e. The highest BCUT2D eigenvalue weighted by Gasteiger charge is 2.42. The summed E-state index contributed by atoms with van der Waals surface area (Å²) in [5.74, 6) is 0. The Bertz CT molecular complexity index is 552. The molecule has 3 heteroatoms. The average molecular weight is 279 g/mol. The standard InChI is InChI=1S/C13H15BrN2/c1-16-7-11(14)10-3-2-9(6-12(10)16)13(8-15)4-5-13/h2-3,6-7H,4-5,8,15H2,1H3. The van der Waals surface area contributed by atoms with Crippen molar-refractivity contribution in [2.75, 3.05) is 6.54 Å². The number of hydrogen-bond donors (Lipinski definition) is 1. The van der Waals surface area contributed by atoms with Crippen LogP contribution in [0.4, 0.5) is 0 Å². The number of halogens is 1. The summed E-state index contributed by atoms with van der Waals surface area (Å²) in [6.07, 6.45) is 4.58. The molecule has 0 saturated heterocycles. The van der Waals surface area contributed by atoms with E-state index in [1.807, 2.05) is 0 Å². The Labute approximate surface area is 104 Å². The zero-order chi connectivity index (χ0) is 11.3. The van der Waals surface area contributed by atoms with Crippen molar-refractivity contribution in [1.82, 2.24) is 4.57 Å². The van der Waals surface area contributed by atoms with Crippen LogP contribution in [0.5, 0.6) is 0 Å². The van der Waals surface area contributed by atoms with Crippen LogP contribution in [0.25, 0.3) is 10.9 Å².